The standard InChI is InChI=1S/C24H34O16S/c1-9(25)32-7-15-17(19(35-12(4)28)20(23(31)38-15)36-13(5)29)40-24-21(37-14(6)30)22(41)18(34-11(3)27)16(39-24)8-33-10(2)26/h15-24,31,41H,7-8H2,1-6H3/t15-,16-,17-,18-,19+,20-,21-,22+,23-,24-/m0/s1. The van der Waals surface area contributed by atoms with Crippen LogP contribution in [0, 0.1) is 0 Å². The minimum atomic E-state index is -1.84. The Morgan fingerprint density at radius 3 is 1.46 bits per heavy atom. The number of carbonyl (C=O) groups is 6. The fourth-order valence-electron chi connectivity index (χ4n) is 4.18. The van der Waals surface area contributed by atoms with Gasteiger partial charge in [0.25, 0.3) is 0 Å². The van der Waals surface area contributed by atoms with Gasteiger partial charge in [-0.2, -0.15) is 12.6 Å². The van der Waals surface area contributed by atoms with Gasteiger partial charge >= 0.3 is 35.8 Å². The summed E-state index contributed by atoms with van der Waals surface area (Å²) < 4.78 is 48.8. The molecular formula is C24H34O16S. The predicted octanol–water partition coefficient (Wildman–Crippen LogP) is -1.03. The van der Waals surface area contributed by atoms with Crippen LogP contribution in [-0.2, 0) is 71.4 Å². The van der Waals surface area contributed by atoms with Gasteiger partial charge in [0, 0.05) is 41.5 Å². The normalized spacial score (nSPS) is 33.1. The van der Waals surface area contributed by atoms with Crippen LogP contribution in [0.5, 0.6) is 0 Å². The molecule has 0 radical (unpaired) electrons. The highest BCUT2D eigenvalue weighted by atomic mass is 32.1. The van der Waals surface area contributed by atoms with E-state index >= 15 is 0 Å². The van der Waals surface area contributed by atoms with Gasteiger partial charge in [0.15, 0.2) is 30.9 Å². The second-order valence-electron chi connectivity index (χ2n) is 9.10. The van der Waals surface area contributed by atoms with Crippen molar-refractivity contribution in [3.8, 4) is 0 Å². The van der Waals surface area contributed by atoms with E-state index in [9.17, 15) is 33.9 Å². The highest BCUT2D eigenvalue weighted by Crippen LogP contribution is 2.35. The second-order valence-corrected chi connectivity index (χ2v) is 9.70. The van der Waals surface area contributed by atoms with Crippen molar-refractivity contribution in [2.24, 2.45) is 0 Å². The van der Waals surface area contributed by atoms with Crippen molar-refractivity contribution >= 4 is 48.4 Å². The minimum Gasteiger partial charge on any atom is -0.463 e. The van der Waals surface area contributed by atoms with E-state index in [1.807, 2.05) is 0 Å². The summed E-state index contributed by atoms with van der Waals surface area (Å²) in [7, 11) is 0. The van der Waals surface area contributed by atoms with Crippen molar-refractivity contribution in [1.29, 1.82) is 0 Å². The van der Waals surface area contributed by atoms with E-state index in [2.05, 4.69) is 12.6 Å². The van der Waals surface area contributed by atoms with Crippen molar-refractivity contribution in [3.63, 3.8) is 0 Å². The number of hydrogen-bond acceptors (Lipinski definition) is 17. The van der Waals surface area contributed by atoms with Crippen molar-refractivity contribution < 1.29 is 76.5 Å². The lowest BCUT2D eigenvalue weighted by atomic mass is 9.97. The Labute approximate surface area is 240 Å². The Bertz CT molecular complexity index is 985. The molecule has 0 amide bonds. The molecule has 0 unspecified atom stereocenters. The van der Waals surface area contributed by atoms with Gasteiger partial charge < -0.3 is 47.7 Å². The Morgan fingerprint density at radius 2 is 1.00 bits per heavy atom. The SMILES string of the molecule is CC(=O)OC[C@@H]1O[C@@H](O[C@@H]2[C@@H](OC(C)=O)[C@H](OC(C)=O)[C@@H](O)O[C@H]2COC(C)=O)[C@@H](OC(C)=O)[C@H](S)[C@H]1OC(C)=O. The fourth-order valence-corrected chi connectivity index (χ4v) is 4.64. The van der Waals surface area contributed by atoms with E-state index in [4.69, 9.17) is 42.6 Å². The summed E-state index contributed by atoms with van der Waals surface area (Å²) in [6.45, 7) is 5.59. The molecule has 0 aliphatic carbocycles. The average molecular weight is 611 g/mol. The molecule has 2 aliphatic heterocycles. The van der Waals surface area contributed by atoms with Gasteiger partial charge in [-0.15, -0.1) is 0 Å². The molecule has 2 fully saturated rings. The van der Waals surface area contributed by atoms with Gasteiger partial charge in [-0.25, -0.2) is 0 Å². The maximum Gasteiger partial charge on any atom is 0.303 e. The molecule has 16 nitrogen and oxygen atoms in total. The van der Waals surface area contributed by atoms with Gasteiger partial charge in [0.1, 0.15) is 37.6 Å². The van der Waals surface area contributed by atoms with Crippen LogP contribution in [0.3, 0.4) is 0 Å². The third kappa shape index (κ3) is 10.1. The molecule has 10 atom stereocenters. The Balaban J connectivity index is 2.54. The molecule has 0 aromatic heterocycles. The van der Waals surface area contributed by atoms with Crippen LogP contribution < -0.4 is 0 Å². The number of esters is 6. The first-order valence-electron chi connectivity index (χ1n) is 12.4. The summed E-state index contributed by atoms with van der Waals surface area (Å²) in [5.74, 6) is -4.66. The first-order valence-corrected chi connectivity index (χ1v) is 12.9. The smallest absolute Gasteiger partial charge is 0.303 e. The number of carbonyl (C=O) groups excluding carboxylic acids is 6. The van der Waals surface area contributed by atoms with Crippen molar-refractivity contribution in [1.82, 2.24) is 0 Å². The number of aliphatic hydroxyl groups excluding tert-OH is 1. The van der Waals surface area contributed by atoms with E-state index in [0.29, 0.717) is 0 Å². The van der Waals surface area contributed by atoms with Crippen LogP contribution in [-0.4, -0.2) is 115 Å². The zero-order valence-corrected chi connectivity index (χ0v) is 24.1. The molecule has 1 N–H and O–H groups in total. The first kappa shape index (κ1) is 34.2. The number of aliphatic hydroxyl groups is 1. The lowest BCUT2D eigenvalue weighted by Gasteiger charge is -2.47. The van der Waals surface area contributed by atoms with E-state index in [1.165, 1.54) is 0 Å². The molecule has 0 bridgehead atoms. The molecule has 2 aliphatic rings. The molecule has 0 aromatic carbocycles. The van der Waals surface area contributed by atoms with Crippen LogP contribution in [0.2, 0.25) is 0 Å². The third-order valence-electron chi connectivity index (χ3n) is 5.63. The van der Waals surface area contributed by atoms with Gasteiger partial charge in [-0.05, 0) is 0 Å². The monoisotopic (exact) mass is 610 g/mol. The molecule has 2 saturated heterocycles. The largest absolute Gasteiger partial charge is 0.463 e. The van der Waals surface area contributed by atoms with Crippen LogP contribution in [0.15, 0.2) is 0 Å². The average Bonchev–Trinajstić information content (AvgIpc) is 2.83. The van der Waals surface area contributed by atoms with Gasteiger partial charge in [-0.3, -0.25) is 28.8 Å². The Kier molecular flexibility index (Phi) is 12.8. The molecule has 0 aromatic rings. The summed E-state index contributed by atoms with van der Waals surface area (Å²) in [5, 5.41) is 9.45. The number of ether oxygens (including phenoxy) is 9. The highest BCUT2D eigenvalue weighted by molar-refractivity contribution is 7.81. The van der Waals surface area contributed by atoms with Crippen LogP contribution >= 0.6 is 12.6 Å². The maximum absolute atomic E-state index is 12.0. The van der Waals surface area contributed by atoms with Gasteiger partial charge in [0.2, 0.25) is 0 Å². The lowest BCUT2D eigenvalue weighted by Crippen LogP contribution is -2.66. The van der Waals surface area contributed by atoms with E-state index in [1.54, 1.807) is 0 Å². The summed E-state index contributed by atoms with van der Waals surface area (Å²) in [6.07, 6.45) is -13.2. The zero-order chi connectivity index (χ0) is 31.0. The molecule has 17 heteroatoms. The summed E-state index contributed by atoms with van der Waals surface area (Å²) in [4.78, 5) is 70.7. The topological polar surface area (TPSA) is 206 Å². The van der Waals surface area contributed by atoms with Crippen LogP contribution in [0.1, 0.15) is 41.5 Å². The fraction of sp³-hybridized carbons (Fsp3) is 0.750. The lowest BCUT2D eigenvalue weighted by molar-refractivity contribution is -0.345. The van der Waals surface area contributed by atoms with Crippen LogP contribution in [0.25, 0.3) is 0 Å². The minimum absolute atomic E-state index is 0.433. The van der Waals surface area contributed by atoms with Crippen molar-refractivity contribution in [2.75, 3.05) is 13.2 Å². The Hall–Kier alpha value is -2.99. The van der Waals surface area contributed by atoms with E-state index < -0.39 is 110 Å². The number of thiol groups is 1. The second kappa shape index (κ2) is 15.3. The van der Waals surface area contributed by atoms with Gasteiger partial charge in [-0.1, -0.05) is 0 Å². The Morgan fingerprint density at radius 1 is 0.585 bits per heavy atom. The molecular weight excluding hydrogens is 576 g/mol. The molecule has 232 valence electrons. The van der Waals surface area contributed by atoms with Crippen molar-refractivity contribution in [3.05, 3.63) is 0 Å². The molecule has 41 heavy (non-hydrogen) atoms. The highest BCUT2D eigenvalue weighted by Gasteiger charge is 2.55. The quantitative estimate of drug-likeness (QED) is 0.172. The van der Waals surface area contributed by atoms with Crippen LogP contribution in [0.4, 0.5) is 0 Å². The molecule has 2 heterocycles. The number of hydrogen-bond donors (Lipinski definition) is 2. The van der Waals surface area contributed by atoms with Crippen molar-refractivity contribution in [2.45, 2.75) is 102 Å². The first-order chi connectivity index (χ1) is 19.1. The van der Waals surface area contributed by atoms with E-state index in [0.717, 1.165) is 41.5 Å². The third-order valence-corrected chi connectivity index (χ3v) is 6.21. The van der Waals surface area contributed by atoms with Gasteiger partial charge in [0.05, 0.1) is 5.25 Å². The maximum atomic E-state index is 12.0. The summed E-state index contributed by atoms with van der Waals surface area (Å²) >= 11 is 4.48. The zero-order valence-electron chi connectivity index (χ0n) is 23.2. The molecule has 2 rings (SSSR count). The molecule has 0 saturated carbocycles. The molecule has 0 spiro atoms. The summed E-state index contributed by atoms with van der Waals surface area (Å²) in [5.41, 5.74) is 0. The predicted molar refractivity (Wildman–Crippen MR) is 133 cm³/mol. The number of rotatable bonds is 10. The summed E-state index contributed by atoms with van der Waals surface area (Å²) in [6, 6.07) is 0. The van der Waals surface area contributed by atoms with E-state index in [-0.39, 0.29) is 0 Å².